The van der Waals surface area contributed by atoms with Crippen molar-refractivity contribution < 1.29 is 12.8 Å². The largest absolute Gasteiger partial charge is 0.444 e. The first kappa shape index (κ1) is 25.4. The van der Waals surface area contributed by atoms with E-state index in [1.807, 2.05) is 27.7 Å². The van der Waals surface area contributed by atoms with Gasteiger partial charge in [-0.1, -0.05) is 12.1 Å². The lowest BCUT2D eigenvalue weighted by Crippen LogP contribution is -2.36. The molecule has 8 nitrogen and oxygen atoms in total. The molecule has 1 aromatic heterocycles. The van der Waals surface area contributed by atoms with Crippen LogP contribution < -0.4 is 10.6 Å². The standard InChI is InChI=1S/C19H29N5O3S.HI/c1-13(2)24(6)28(25,26)17-9-7-16(8-10-17)11-21-19(20-5)22-12-18-23-14(3)15(4)27-18;/h7-10,13H,11-12H2,1-6H3,(H2,20,21,22);1H. The normalized spacial score (nSPS) is 12.2. The van der Waals surface area contributed by atoms with Crippen LogP contribution in [0.1, 0.15) is 36.8 Å². The number of guanidine groups is 1. The summed E-state index contributed by atoms with van der Waals surface area (Å²) in [6.07, 6.45) is 0. The van der Waals surface area contributed by atoms with Gasteiger partial charge in [0.1, 0.15) is 5.76 Å². The maximum atomic E-state index is 12.5. The fourth-order valence-corrected chi connectivity index (χ4v) is 3.77. The number of hydrogen-bond acceptors (Lipinski definition) is 5. The van der Waals surface area contributed by atoms with Crippen molar-refractivity contribution in [2.75, 3.05) is 14.1 Å². The Morgan fingerprint density at radius 2 is 1.76 bits per heavy atom. The molecule has 2 aromatic rings. The molecule has 2 N–H and O–H groups in total. The van der Waals surface area contributed by atoms with E-state index in [0.717, 1.165) is 17.0 Å². The molecule has 0 aliphatic heterocycles. The van der Waals surface area contributed by atoms with E-state index >= 15 is 0 Å². The predicted molar refractivity (Wildman–Crippen MR) is 125 cm³/mol. The topological polar surface area (TPSA) is 99.8 Å². The van der Waals surface area contributed by atoms with Crippen LogP contribution in [0.4, 0.5) is 0 Å². The summed E-state index contributed by atoms with van der Waals surface area (Å²) in [5, 5.41) is 6.33. The van der Waals surface area contributed by atoms with Gasteiger partial charge in [-0.25, -0.2) is 13.4 Å². The molecule has 0 radical (unpaired) electrons. The number of hydrogen-bond donors (Lipinski definition) is 2. The van der Waals surface area contributed by atoms with Gasteiger partial charge < -0.3 is 15.1 Å². The molecule has 0 fully saturated rings. The highest BCUT2D eigenvalue weighted by molar-refractivity contribution is 14.0. The first-order chi connectivity index (χ1) is 13.1. The maximum absolute atomic E-state index is 12.5. The molecule has 0 spiro atoms. The van der Waals surface area contributed by atoms with Crippen molar-refractivity contribution in [1.82, 2.24) is 19.9 Å². The van der Waals surface area contributed by atoms with Crippen molar-refractivity contribution in [3.8, 4) is 0 Å². The molecular formula is C19H30IN5O3S. The predicted octanol–water partition coefficient (Wildman–Crippen LogP) is 2.80. The van der Waals surface area contributed by atoms with E-state index < -0.39 is 10.0 Å². The molecule has 162 valence electrons. The summed E-state index contributed by atoms with van der Waals surface area (Å²) in [6, 6.07) is 6.74. The minimum absolute atomic E-state index is 0. The summed E-state index contributed by atoms with van der Waals surface area (Å²) in [5.41, 5.74) is 1.81. The monoisotopic (exact) mass is 535 g/mol. The van der Waals surface area contributed by atoms with Crippen LogP contribution in [0.3, 0.4) is 0 Å². The number of rotatable bonds is 7. The molecule has 29 heavy (non-hydrogen) atoms. The van der Waals surface area contributed by atoms with Gasteiger partial charge in [-0.05, 0) is 45.4 Å². The number of oxazole rings is 1. The molecule has 1 heterocycles. The summed E-state index contributed by atoms with van der Waals surface area (Å²) in [5.74, 6) is 2.00. The molecule has 0 amide bonds. The van der Waals surface area contributed by atoms with Crippen LogP contribution in [0.15, 0.2) is 38.6 Å². The fraction of sp³-hybridized carbons (Fsp3) is 0.474. The lowest BCUT2D eigenvalue weighted by atomic mass is 10.2. The summed E-state index contributed by atoms with van der Waals surface area (Å²) < 4.78 is 31.9. The molecule has 0 atom stereocenters. The summed E-state index contributed by atoms with van der Waals surface area (Å²) in [4.78, 5) is 8.77. The van der Waals surface area contributed by atoms with Crippen molar-refractivity contribution in [2.24, 2.45) is 4.99 Å². The van der Waals surface area contributed by atoms with Gasteiger partial charge >= 0.3 is 0 Å². The molecule has 0 unspecified atom stereocenters. The highest BCUT2D eigenvalue weighted by Crippen LogP contribution is 2.17. The number of nitrogens with zero attached hydrogens (tertiary/aromatic N) is 3. The van der Waals surface area contributed by atoms with Crippen molar-refractivity contribution in [3.63, 3.8) is 0 Å². The van der Waals surface area contributed by atoms with E-state index in [9.17, 15) is 8.42 Å². The smallest absolute Gasteiger partial charge is 0.243 e. The summed E-state index contributed by atoms with van der Waals surface area (Å²) >= 11 is 0. The number of aromatic nitrogens is 1. The second-order valence-corrected chi connectivity index (χ2v) is 8.78. The second kappa shape index (κ2) is 10.9. The van der Waals surface area contributed by atoms with Gasteiger partial charge in [0, 0.05) is 26.7 Å². The molecule has 2 rings (SSSR count). The van der Waals surface area contributed by atoms with Crippen LogP contribution >= 0.6 is 24.0 Å². The molecule has 0 bridgehead atoms. The SMILES string of the molecule is CN=C(NCc1ccc(S(=O)(=O)N(C)C(C)C)cc1)NCc1nc(C)c(C)o1.I. The Morgan fingerprint density at radius 3 is 2.24 bits per heavy atom. The van der Waals surface area contributed by atoms with Crippen LogP contribution in [0.25, 0.3) is 0 Å². The number of halogens is 1. The Balaban J connectivity index is 0.00000420. The van der Waals surface area contributed by atoms with Crippen LogP contribution in [0.2, 0.25) is 0 Å². The van der Waals surface area contributed by atoms with Gasteiger partial charge in [0.2, 0.25) is 15.9 Å². The van der Waals surface area contributed by atoms with Crippen molar-refractivity contribution in [2.45, 2.75) is 51.7 Å². The Morgan fingerprint density at radius 1 is 1.17 bits per heavy atom. The highest BCUT2D eigenvalue weighted by Gasteiger charge is 2.22. The van der Waals surface area contributed by atoms with Crippen LogP contribution in [0.5, 0.6) is 0 Å². The first-order valence-electron chi connectivity index (χ1n) is 9.09. The van der Waals surface area contributed by atoms with Crippen molar-refractivity contribution >= 4 is 40.0 Å². The molecule has 0 aliphatic carbocycles. The van der Waals surface area contributed by atoms with E-state index in [4.69, 9.17) is 4.42 Å². The Labute approximate surface area is 190 Å². The molecule has 0 saturated heterocycles. The molecule has 1 aromatic carbocycles. The number of aliphatic imine (C=N–C) groups is 1. The third kappa shape index (κ3) is 6.68. The third-order valence-corrected chi connectivity index (χ3v) is 6.54. The van der Waals surface area contributed by atoms with Gasteiger partial charge in [0.05, 0.1) is 17.1 Å². The van der Waals surface area contributed by atoms with Crippen molar-refractivity contribution in [3.05, 3.63) is 47.2 Å². The average Bonchev–Trinajstić information content (AvgIpc) is 2.99. The van der Waals surface area contributed by atoms with E-state index in [-0.39, 0.29) is 34.9 Å². The zero-order valence-corrected chi connectivity index (χ0v) is 20.8. The van der Waals surface area contributed by atoms with E-state index in [2.05, 4.69) is 20.6 Å². The Kier molecular flexibility index (Phi) is 9.56. The lowest BCUT2D eigenvalue weighted by Gasteiger charge is -2.21. The minimum atomic E-state index is -3.47. The highest BCUT2D eigenvalue weighted by atomic mass is 127. The average molecular weight is 535 g/mol. The Hall–Kier alpha value is -1.66. The lowest BCUT2D eigenvalue weighted by molar-refractivity contribution is 0.410. The third-order valence-electron chi connectivity index (χ3n) is 4.49. The van der Waals surface area contributed by atoms with Crippen LogP contribution in [-0.4, -0.2) is 43.8 Å². The van der Waals surface area contributed by atoms with Crippen LogP contribution in [-0.2, 0) is 23.1 Å². The minimum Gasteiger partial charge on any atom is -0.444 e. The first-order valence-corrected chi connectivity index (χ1v) is 10.5. The van der Waals surface area contributed by atoms with E-state index in [1.54, 1.807) is 38.4 Å². The van der Waals surface area contributed by atoms with E-state index in [0.29, 0.717) is 24.9 Å². The molecule has 10 heteroatoms. The molecular weight excluding hydrogens is 505 g/mol. The second-order valence-electron chi connectivity index (χ2n) is 6.79. The summed E-state index contributed by atoms with van der Waals surface area (Å²) in [6.45, 7) is 8.39. The number of aryl methyl sites for hydroxylation is 2. The van der Waals surface area contributed by atoms with E-state index in [1.165, 1.54) is 4.31 Å². The quantitative estimate of drug-likeness (QED) is 0.322. The van der Waals surface area contributed by atoms with Crippen LogP contribution in [0, 0.1) is 13.8 Å². The molecule has 0 saturated carbocycles. The number of sulfonamides is 1. The maximum Gasteiger partial charge on any atom is 0.243 e. The number of nitrogens with one attached hydrogen (secondary N) is 2. The van der Waals surface area contributed by atoms with Crippen molar-refractivity contribution in [1.29, 1.82) is 0 Å². The van der Waals surface area contributed by atoms with Gasteiger partial charge in [-0.2, -0.15) is 4.31 Å². The van der Waals surface area contributed by atoms with Gasteiger partial charge in [-0.3, -0.25) is 4.99 Å². The zero-order chi connectivity index (χ0) is 20.9. The van der Waals surface area contributed by atoms with Gasteiger partial charge in [0.25, 0.3) is 0 Å². The Bertz CT molecular complexity index is 904. The van der Waals surface area contributed by atoms with Gasteiger partial charge in [-0.15, -0.1) is 24.0 Å². The fourth-order valence-electron chi connectivity index (χ4n) is 2.40. The molecule has 0 aliphatic rings. The summed E-state index contributed by atoms with van der Waals surface area (Å²) in [7, 11) is -0.208. The number of benzene rings is 1. The van der Waals surface area contributed by atoms with Gasteiger partial charge in [0.15, 0.2) is 5.96 Å². The zero-order valence-electron chi connectivity index (χ0n) is 17.7.